The first kappa shape index (κ1) is 18.6. The van der Waals surface area contributed by atoms with E-state index in [1.807, 2.05) is 32.9 Å². The van der Waals surface area contributed by atoms with Gasteiger partial charge in [-0.05, 0) is 44.4 Å². The minimum absolute atomic E-state index is 0.210. The van der Waals surface area contributed by atoms with Crippen molar-refractivity contribution in [3.05, 3.63) is 58.4 Å². The van der Waals surface area contributed by atoms with Crippen LogP contribution in [0, 0.1) is 20.8 Å². The Morgan fingerprint density at radius 2 is 1.56 bits per heavy atom. The van der Waals surface area contributed by atoms with E-state index in [0.29, 0.717) is 17.7 Å². The summed E-state index contributed by atoms with van der Waals surface area (Å²) in [7, 11) is 0. The van der Waals surface area contributed by atoms with Gasteiger partial charge in [-0.2, -0.15) is 0 Å². The molecule has 0 radical (unpaired) electrons. The summed E-state index contributed by atoms with van der Waals surface area (Å²) >= 11 is 0. The first-order valence-electron chi connectivity index (χ1n) is 8.54. The maximum Gasteiger partial charge on any atom is 0.257 e. The van der Waals surface area contributed by atoms with E-state index in [2.05, 4.69) is 22.5 Å². The molecule has 5 heteroatoms. The highest BCUT2D eigenvalue weighted by atomic mass is 16.2. The molecule has 2 rings (SSSR count). The molecule has 0 saturated heterocycles. The first-order chi connectivity index (χ1) is 11.9. The Kier molecular flexibility index (Phi) is 6.28. The van der Waals surface area contributed by atoms with Crippen molar-refractivity contribution in [3.8, 4) is 0 Å². The number of nitrogens with one attached hydrogen (secondary N) is 2. The zero-order chi connectivity index (χ0) is 18.4. The van der Waals surface area contributed by atoms with Crippen LogP contribution in [0.1, 0.15) is 57.2 Å². The zero-order valence-electron chi connectivity index (χ0n) is 15.3. The molecule has 5 nitrogen and oxygen atoms in total. The molecule has 0 aliphatic carbocycles. The molecular weight excluding hydrogens is 314 g/mol. The lowest BCUT2D eigenvalue weighted by molar-refractivity contribution is 0.0953. The van der Waals surface area contributed by atoms with E-state index in [4.69, 9.17) is 0 Å². The van der Waals surface area contributed by atoms with Crippen LogP contribution in [0.5, 0.6) is 0 Å². The van der Waals surface area contributed by atoms with Crippen LogP contribution in [0.25, 0.3) is 0 Å². The van der Waals surface area contributed by atoms with Crippen molar-refractivity contribution in [3.63, 3.8) is 0 Å². The molecule has 2 aromatic rings. The van der Waals surface area contributed by atoms with Crippen LogP contribution in [-0.2, 0) is 0 Å². The Morgan fingerprint density at radius 3 is 2.16 bits per heavy atom. The standard InChI is InChI=1S/C20H25N3O2/c1-5-6-7-22-19(24)16-10-17(12-21-11-16)20(25)23-18-14(3)8-13(2)9-15(18)4/h8-12H,5-7H2,1-4H3,(H,22,24)(H,23,25). The van der Waals surface area contributed by atoms with Crippen molar-refractivity contribution in [2.45, 2.75) is 40.5 Å². The van der Waals surface area contributed by atoms with Gasteiger partial charge in [0.25, 0.3) is 11.8 Å². The van der Waals surface area contributed by atoms with Gasteiger partial charge in [0.05, 0.1) is 11.1 Å². The molecule has 0 unspecified atom stereocenters. The largest absolute Gasteiger partial charge is 0.352 e. The highest BCUT2D eigenvalue weighted by Crippen LogP contribution is 2.22. The number of anilines is 1. The molecule has 1 heterocycles. The number of carbonyl (C=O) groups is 2. The fraction of sp³-hybridized carbons (Fsp3) is 0.350. The number of amides is 2. The molecule has 1 aromatic heterocycles. The molecule has 0 fully saturated rings. The molecule has 2 N–H and O–H groups in total. The molecule has 0 aliphatic rings. The molecule has 132 valence electrons. The van der Waals surface area contributed by atoms with Crippen molar-refractivity contribution in [2.75, 3.05) is 11.9 Å². The van der Waals surface area contributed by atoms with Crippen LogP contribution in [0.15, 0.2) is 30.6 Å². The van der Waals surface area contributed by atoms with Crippen LogP contribution < -0.4 is 10.6 Å². The lowest BCUT2D eigenvalue weighted by Gasteiger charge is -2.13. The van der Waals surface area contributed by atoms with Crippen molar-refractivity contribution in [1.29, 1.82) is 0 Å². The van der Waals surface area contributed by atoms with Crippen molar-refractivity contribution in [1.82, 2.24) is 10.3 Å². The maximum absolute atomic E-state index is 12.6. The summed E-state index contributed by atoms with van der Waals surface area (Å²) in [5.74, 6) is -0.482. The molecule has 1 aromatic carbocycles. The van der Waals surface area contributed by atoms with E-state index in [0.717, 1.165) is 35.2 Å². The number of pyridine rings is 1. The zero-order valence-corrected chi connectivity index (χ0v) is 15.3. The minimum atomic E-state index is -0.272. The van der Waals surface area contributed by atoms with Crippen LogP contribution in [0.4, 0.5) is 5.69 Å². The Bertz CT molecular complexity index is 761. The monoisotopic (exact) mass is 339 g/mol. The molecule has 0 saturated carbocycles. The van der Waals surface area contributed by atoms with Crippen LogP contribution in [0.3, 0.4) is 0 Å². The average molecular weight is 339 g/mol. The number of carbonyl (C=O) groups excluding carboxylic acids is 2. The minimum Gasteiger partial charge on any atom is -0.352 e. The second-order valence-corrected chi connectivity index (χ2v) is 6.30. The van der Waals surface area contributed by atoms with Crippen molar-refractivity contribution >= 4 is 17.5 Å². The molecule has 0 bridgehead atoms. The molecule has 25 heavy (non-hydrogen) atoms. The summed E-state index contributed by atoms with van der Waals surface area (Å²) in [4.78, 5) is 28.7. The summed E-state index contributed by atoms with van der Waals surface area (Å²) in [5, 5.41) is 5.76. The number of aryl methyl sites for hydroxylation is 3. The van der Waals surface area contributed by atoms with E-state index >= 15 is 0 Å². The fourth-order valence-electron chi connectivity index (χ4n) is 2.73. The second kappa shape index (κ2) is 8.42. The Morgan fingerprint density at radius 1 is 0.960 bits per heavy atom. The van der Waals surface area contributed by atoms with E-state index < -0.39 is 0 Å². The van der Waals surface area contributed by atoms with Crippen LogP contribution in [0.2, 0.25) is 0 Å². The van der Waals surface area contributed by atoms with Gasteiger partial charge in [0.15, 0.2) is 0 Å². The summed E-state index contributed by atoms with van der Waals surface area (Å²) in [6, 6.07) is 5.62. The number of aromatic nitrogens is 1. The van der Waals surface area contributed by atoms with Gasteiger partial charge in [0, 0.05) is 24.6 Å². The normalized spacial score (nSPS) is 10.4. The SMILES string of the molecule is CCCCNC(=O)c1cncc(C(=O)Nc2c(C)cc(C)cc2C)c1. The van der Waals surface area contributed by atoms with Crippen molar-refractivity contribution in [2.24, 2.45) is 0 Å². The molecule has 0 spiro atoms. The van der Waals surface area contributed by atoms with Gasteiger partial charge >= 0.3 is 0 Å². The van der Waals surface area contributed by atoms with Gasteiger partial charge in [-0.15, -0.1) is 0 Å². The van der Waals surface area contributed by atoms with E-state index in [1.165, 1.54) is 12.4 Å². The molecular formula is C20H25N3O2. The molecule has 2 amide bonds. The van der Waals surface area contributed by atoms with Crippen LogP contribution in [-0.4, -0.2) is 23.3 Å². The highest BCUT2D eigenvalue weighted by Gasteiger charge is 2.13. The van der Waals surface area contributed by atoms with Gasteiger partial charge in [-0.1, -0.05) is 31.0 Å². The predicted molar refractivity (Wildman–Crippen MR) is 100 cm³/mol. The lowest BCUT2D eigenvalue weighted by atomic mass is 10.0. The predicted octanol–water partition coefficient (Wildman–Crippen LogP) is 3.79. The van der Waals surface area contributed by atoms with E-state index in [1.54, 1.807) is 6.07 Å². The first-order valence-corrected chi connectivity index (χ1v) is 8.54. The number of hydrogen-bond donors (Lipinski definition) is 2. The van der Waals surface area contributed by atoms with Crippen molar-refractivity contribution < 1.29 is 9.59 Å². The van der Waals surface area contributed by atoms with Gasteiger partial charge in [-0.25, -0.2) is 0 Å². The quantitative estimate of drug-likeness (QED) is 0.787. The maximum atomic E-state index is 12.6. The molecule has 0 atom stereocenters. The summed E-state index contributed by atoms with van der Waals surface area (Å²) in [6.45, 7) is 8.63. The fourth-order valence-corrected chi connectivity index (χ4v) is 2.73. The number of rotatable bonds is 6. The number of hydrogen-bond acceptors (Lipinski definition) is 3. The molecule has 0 aliphatic heterocycles. The second-order valence-electron chi connectivity index (χ2n) is 6.30. The topological polar surface area (TPSA) is 71.1 Å². The van der Waals surface area contributed by atoms with Gasteiger partial charge in [0.1, 0.15) is 0 Å². The van der Waals surface area contributed by atoms with Gasteiger partial charge in [-0.3, -0.25) is 14.6 Å². The smallest absolute Gasteiger partial charge is 0.257 e. The lowest BCUT2D eigenvalue weighted by Crippen LogP contribution is -2.25. The third-order valence-corrected chi connectivity index (χ3v) is 3.99. The Hall–Kier alpha value is -2.69. The number of unbranched alkanes of at least 4 members (excludes halogenated alkanes) is 1. The number of nitrogens with zero attached hydrogens (tertiary/aromatic N) is 1. The summed E-state index contributed by atoms with van der Waals surface area (Å²) in [5.41, 5.74) is 4.72. The average Bonchev–Trinajstić information content (AvgIpc) is 2.58. The van der Waals surface area contributed by atoms with E-state index in [-0.39, 0.29) is 11.8 Å². The van der Waals surface area contributed by atoms with Gasteiger partial charge in [0.2, 0.25) is 0 Å². The Labute approximate surface area is 148 Å². The third kappa shape index (κ3) is 4.89. The van der Waals surface area contributed by atoms with Gasteiger partial charge < -0.3 is 10.6 Å². The highest BCUT2D eigenvalue weighted by molar-refractivity contribution is 6.06. The summed E-state index contributed by atoms with van der Waals surface area (Å²) in [6.07, 6.45) is 4.87. The van der Waals surface area contributed by atoms with Crippen LogP contribution >= 0.6 is 0 Å². The number of benzene rings is 1. The third-order valence-electron chi connectivity index (χ3n) is 3.99. The van der Waals surface area contributed by atoms with E-state index in [9.17, 15) is 9.59 Å². The summed E-state index contributed by atoms with van der Waals surface area (Å²) < 4.78 is 0. The Balaban J connectivity index is 2.15.